The number of hydrogen-bond acceptors (Lipinski definition) is 3. The van der Waals surface area contributed by atoms with Gasteiger partial charge in [0.15, 0.2) is 5.13 Å². The number of aromatic nitrogens is 1. The monoisotopic (exact) mass is 276 g/mol. The van der Waals surface area contributed by atoms with Crippen LogP contribution in [0.1, 0.15) is 5.56 Å². The van der Waals surface area contributed by atoms with E-state index >= 15 is 0 Å². The predicted octanol–water partition coefficient (Wildman–Crippen LogP) is 4.19. The minimum atomic E-state index is -0.281. The molecule has 0 unspecified atom stereocenters. The average Bonchev–Trinajstić information content (AvgIpc) is 2.79. The first-order valence-corrected chi connectivity index (χ1v) is 6.57. The van der Waals surface area contributed by atoms with Crippen molar-refractivity contribution in [2.24, 2.45) is 0 Å². The molecule has 3 aromatic rings. The molecule has 0 saturated carbocycles. The van der Waals surface area contributed by atoms with Gasteiger partial charge in [-0.2, -0.15) is 0 Å². The molecule has 0 aliphatic rings. The Kier molecular flexibility index (Phi) is 3.13. The highest BCUT2D eigenvalue weighted by Crippen LogP contribution is 2.26. The fourth-order valence-corrected chi connectivity index (χ4v) is 2.67. The van der Waals surface area contributed by atoms with E-state index in [0.29, 0.717) is 17.2 Å². The molecule has 19 heavy (non-hydrogen) atoms. The lowest BCUT2D eigenvalue weighted by atomic mass is 10.2. The highest BCUT2D eigenvalue weighted by atomic mass is 32.1. The topological polar surface area (TPSA) is 24.9 Å². The van der Waals surface area contributed by atoms with Crippen molar-refractivity contribution in [1.29, 1.82) is 0 Å². The lowest BCUT2D eigenvalue weighted by Gasteiger charge is -2.03. The van der Waals surface area contributed by atoms with Gasteiger partial charge in [0.1, 0.15) is 11.6 Å². The van der Waals surface area contributed by atoms with E-state index in [1.165, 1.54) is 29.5 Å². The summed E-state index contributed by atoms with van der Waals surface area (Å²) < 4.78 is 27.3. The number of benzene rings is 2. The summed E-state index contributed by atoms with van der Waals surface area (Å²) in [5.74, 6) is -0.529. The van der Waals surface area contributed by atoms with Crippen molar-refractivity contribution < 1.29 is 8.78 Å². The number of fused-ring (bicyclic) bond motifs is 1. The van der Waals surface area contributed by atoms with Crippen molar-refractivity contribution in [3.63, 3.8) is 0 Å². The van der Waals surface area contributed by atoms with Gasteiger partial charge in [-0.15, -0.1) is 0 Å². The zero-order valence-electron chi connectivity index (χ0n) is 9.86. The summed E-state index contributed by atoms with van der Waals surface area (Å²) in [5.41, 5.74) is 1.32. The molecule has 5 heteroatoms. The maximum absolute atomic E-state index is 13.4. The zero-order valence-corrected chi connectivity index (χ0v) is 10.7. The molecule has 0 aliphatic heterocycles. The van der Waals surface area contributed by atoms with E-state index in [-0.39, 0.29) is 11.6 Å². The van der Waals surface area contributed by atoms with Crippen LogP contribution < -0.4 is 5.32 Å². The van der Waals surface area contributed by atoms with E-state index < -0.39 is 0 Å². The first-order chi connectivity index (χ1) is 9.22. The number of nitrogens with zero attached hydrogens (tertiary/aromatic N) is 1. The van der Waals surface area contributed by atoms with Gasteiger partial charge in [0.05, 0.1) is 10.2 Å². The normalized spacial score (nSPS) is 10.8. The minimum absolute atomic E-state index is 0.248. The highest BCUT2D eigenvalue weighted by Gasteiger charge is 2.06. The van der Waals surface area contributed by atoms with Crippen LogP contribution in [-0.2, 0) is 6.54 Å². The van der Waals surface area contributed by atoms with Crippen molar-refractivity contribution in [2.75, 3.05) is 5.32 Å². The maximum Gasteiger partial charge on any atom is 0.184 e. The Balaban J connectivity index is 1.80. The number of rotatable bonds is 3. The van der Waals surface area contributed by atoms with E-state index in [4.69, 9.17) is 0 Å². The molecule has 0 saturated heterocycles. The number of thiazole rings is 1. The van der Waals surface area contributed by atoms with Gasteiger partial charge in [-0.05, 0) is 24.3 Å². The van der Waals surface area contributed by atoms with Crippen molar-refractivity contribution >= 4 is 26.7 Å². The summed E-state index contributed by atoms with van der Waals surface area (Å²) in [6, 6.07) is 11.0. The van der Waals surface area contributed by atoms with Gasteiger partial charge in [-0.25, -0.2) is 13.8 Å². The Hall–Kier alpha value is -2.01. The molecule has 1 heterocycles. The molecule has 2 aromatic carbocycles. The van der Waals surface area contributed by atoms with Gasteiger partial charge in [-0.3, -0.25) is 0 Å². The second-order valence-electron chi connectivity index (χ2n) is 4.08. The summed E-state index contributed by atoms with van der Waals surface area (Å²) in [4.78, 5) is 4.32. The molecule has 0 aliphatic carbocycles. The van der Waals surface area contributed by atoms with Crippen LogP contribution in [0, 0.1) is 11.6 Å². The Morgan fingerprint density at radius 2 is 1.95 bits per heavy atom. The largest absolute Gasteiger partial charge is 0.357 e. The fourth-order valence-electron chi connectivity index (χ4n) is 1.79. The Labute approximate surface area is 112 Å². The van der Waals surface area contributed by atoms with E-state index in [1.807, 2.05) is 0 Å². The molecular weight excluding hydrogens is 266 g/mol. The first kappa shape index (κ1) is 12.0. The van der Waals surface area contributed by atoms with Gasteiger partial charge >= 0.3 is 0 Å². The number of nitrogens with one attached hydrogen (secondary N) is 1. The summed E-state index contributed by atoms with van der Waals surface area (Å²) >= 11 is 1.35. The Morgan fingerprint density at radius 1 is 1.11 bits per heavy atom. The van der Waals surface area contributed by atoms with Crippen LogP contribution in [0.3, 0.4) is 0 Å². The van der Waals surface area contributed by atoms with E-state index in [9.17, 15) is 8.78 Å². The second-order valence-corrected chi connectivity index (χ2v) is 5.11. The molecule has 1 N–H and O–H groups in total. The molecule has 1 aromatic heterocycles. The molecule has 0 bridgehead atoms. The molecule has 0 spiro atoms. The van der Waals surface area contributed by atoms with E-state index in [0.717, 1.165) is 10.2 Å². The number of hydrogen-bond donors (Lipinski definition) is 1. The molecule has 2 nitrogen and oxygen atoms in total. The van der Waals surface area contributed by atoms with E-state index in [2.05, 4.69) is 10.3 Å². The van der Waals surface area contributed by atoms with Gasteiger partial charge < -0.3 is 5.32 Å². The first-order valence-electron chi connectivity index (χ1n) is 5.76. The van der Waals surface area contributed by atoms with Crippen LogP contribution in [0.2, 0.25) is 0 Å². The molecule has 96 valence electrons. The van der Waals surface area contributed by atoms with Gasteiger partial charge in [-0.1, -0.05) is 29.5 Å². The zero-order chi connectivity index (χ0) is 13.2. The maximum atomic E-state index is 13.4. The summed E-state index contributed by atoms with van der Waals surface area (Å²) in [6.45, 7) is 0.356. The van der Waals surface area contributed by atoms with Crippen molar-refractivity contribution in [3.05, 3.63) is 59.7 Å². The van der Waals surface area contributed by atoms with Gasteiger partial charge in [0.2, 0.25) is 0 Å². The second kappa shape index (κ2) is 4.93. The summed E-state index contributed by atoms with van der Waals surface area (Å²) in [7, 11) is 0. The smallest absolute Gasteiger partial charge is 0.184 e. The van der Waals surface area contributed by atoms with Crippen molar-refractivity contribution in [3.8, 4) is 0 Å². The standard InChI is InChI=1S/C14H10F2N2S/c15-10-5-6-12-13(7-10)19-14(18-12)17-8-9-3-1-2-4-11(9)16/h1-7H,8H2,(H,17,18). The third-order valence-corrected chi connectivity index (χ3v) is 3.71. The lowest BCUT2D eigenvalue weighted by molar-refractivity contribution is 0.613. The van der Waals surface area contributed by atoms with Crippen molar-refractivity contribution in [1.82, 2.24) is 4.98 Å². The van der Waals surface area contributed by atoms with Crippen molar-refractivity contribution in [2.45, 2.75) is 6.54 Å². The SMILES string of the molecule is Fc1ccc2nc(NCc3ccccc3F)sc2c1. The highest BCUT2D eigenvalue weighted by molar-refractivity contribution is 7.22. The third-order valence-electron chi connectivity index (χ3n) is 2.74. The Bertz CT molecular complexity index is 724. The van der Waals surface area contributed by atoms with Crippen LogP contribution in [0.5, 0.6) is 0 Å². The minimum Gasteiger partial charge on any atom is -0.357 e. The molecular formula is C14H10F2N2S. The van der Waals surface area contributed by atoms with Crippen LogP contribution in [0.25, 0.3) is 10.2 Å². The van der Waals surface area contributed by atoms with Crippen LogP contribution >= 0.6 is 11.3 Å². The predicted molar refractivity (Wildman–Crippen MR) is 73.3 cm³/mol. The lowest BCUT2D eigenvalue weighted by Crippen LogP contribution is -2.00. The van der Waals surface area contributed by atoms with E-state index in [1.54, 1.807) is 24.3 Å². The van der Waals surface area contributed by atoms with Gasteiger partial charge in [0, 0.05) is 12.1 Å². The fraction of sp³-hybridized carbons (Fsp3) is 0.0714. The average molecular weight is 276 g/mol. The number of halogens is 2. The van der Waals surface area contributed by atoms with Crippen LogP contribution in [-0.4, -0.2) is 4.98 Å². The summed E-state index contributed by atoms with van der Waals surface area (Å²) in [6.07, 6.45) is 0. The third kappa shape index (κ3) is 2.56. The molecule has 0 radical (unpaired) electrons. The molecule has 0 atom stereocenters. The van der Waals surface area contributed by atoms with Gasteiger partial charge in [0.25, 0.3) is 0 Å². The quantitative estimate of drug-likeness (QED) is 0.776. The molecule has 0 fully saturated rings. The van der Waals surface area contributed by atoms with Crippen LogP contribution in [0.15, 0.2) is 42.5 Å². The molecule has 0 amide bonds. The number of anilines is 1. The van der Waals surface area contributed by atoms with Crippen LogP contribution in [0.4, 0.5) is 13.9 Å². The Morgan fingerprint density at radius 3 is 2.79 bits per heavy atom. The summed E-state index contributed by atoms with van der Waals surface area (Å²) in [5, 5.41) is 3.71. The molecule has 3 rings (SSSR count).